The van der Waals surface area contributed by atoms with Crippen molar-refractivity contribution >= 4 is 50.0 Å². The predicted octanol–water partition coefficient (Wildman–Crippen LogP) is 17.0. The molecule has 0 saturated carbocycles. The standard InChI is InChI=1S/C63H48N2/c1-63(2)58-23-14-22-54(48-27-25-45(26-28-48)43-15-6-3-7-16-43)62(58)56-39-38-53(42-59(56)63)64(51-34-29-46(30-35-51)44-17-8-4-9-18-44)52-36-31-47(32-37-52)49-33-40-61-57(41-49)55-21-12-13-24-60(55)65(61)50-19-10-5-11-20-50/h3-22,24-42,58H,23H2,1-2H3. The van der Waals surface area contributed by atoms with Crippen molar-refractivity contribution in [1.29, 1.82) is 0 Å². The van der Waals surface area contributed by atoms with Crippen molar-refractivity contribution in [3.05, 3.63) is 253 Å². The summed E-state index contributed by atoms with van der Waals surface area (Å²) in [5.74, 6) is 0.387. The van der Waals surface area contributed by atoms with E-state index in [-0.39, 0.29) is 5.41 Å². The third kappa shape index (κ3) is 6.64. The monoisotopic (exact) mass is 832 g/mol. The Bertz CT molecular complexity index is 3430. The van der Waals surface area contributed by atoms with Crippen molar-refractivity contribution in [3.63, 3.8) is 0 Å². The van der Waals surface area contributed by atoms with E-state index in [9.17, 15) is 0 Å². The summed E-state index contributed by atoms with van der Waals surface area (Å²) in [4.78, 5) is 2.43. The Morgan fingerprint density at radius 3 is 1.57 bits per heavy atom. The summed E-state index contributed by atoms with van der Waals surface area (Å²) in [6.07, 6.45) is 5.79. The molecule has 12 rings (SSSR count). The highest BCUT2D eigenvalue weighted by Crippen LogP contribution is 2.57. The van der Waals surface area contributed by atoms with Gasteiger partial charge in [-0.15, -0.1) is 0 Å². The second-order valence-corrected chi connectivity index (χ2v) is 18.1. The van der Waals surface area contributed by atoms with E-state index < -0.39 is 0 Å². The molecule has 1 unspecified atom stereocenters. The average molecular weight is 833 g/mol. The van der Waals surface area contributed by atoms with Crippen LogP contribution >= 0.6 is 0 Å². The zero-order valence-electron chi connectivity index (χ0n) is 36.7. The first-order valence-corrected chi connectivity index (χ1v) is 22.9. The van der Waals surface area contributed by atoms with Crippen molar-refractivity contribution in [2.45, 2.75) is 25.7 Å². The number of nitrogens with zero attached hydrogens (tertiary/aromatic N) is 2. The molecule has 1 heterocycles. The molecule has 9 aromatic carbocycles. The number of hydrogen-bond acceptors (Lipinski definition) is 1. The lowest BCUT2D eigenvalue weighted by atomic mass is 9.73. The SMILES string of the molecule is CC1(C)c2cc(N(c3ccc(-c4ccccc4)cc3)c3ccc(-c4ccc5c(c4)c4ccccc4n5-c4ccccc4)cc3)ccc2C2=C(c3ccc(-c4ccccc4)cc3)C=CCC21. The van der Waals surface area contributed by atoms with Gasteiger partial charge < -0.3 is 9.47 Å². The van der Waals surface area contributed by atoms with Crippen molar-refractivity contribution in [2.75, 3.05) is 4.90 Å². The van der Waals surface area contributed by atoms with Crippen LogP contribution in [0.3, 0.4) is 0 Å². The number of hydrogen-bond donors (Lipinski definition) is 0. The number of anilines is 3. The van der Waals surface area contributed by atoms with E-state index in [4.69, 9.17) is 0 Å². The Hall–Kier alpha value is -7.94. The first-order chi connectivity index (χ1) is 32.0. The van der Waals surface area contributed by atoms with Gasteiger partial charge >= 0.3 is 0 Å². The predicted molar refractivity (Wildman–Crippen MR) is 275 cm³/mol. The van der Waals surface area contributed by atoms with Crippen LogP contribution in [0.25, 0.3) is 72.0 Å². The summed E-state index contributed by atoms with van der Waals surface area (Å²) in [5.41, 5.74) is 21.1. The van der Waals surface area contributed by atoms with Crippen LogP contribution in [0, 0.1) is 5.92 Å². The lowest BCUT2D eigenvalue weighted by molar-refractivity contribution is 0.415. The highest BCUT2D eigenvalue weighted by atomic mass is 15.1. The van der Waals surface area contributed by atoms with Gasteiger partial charge in [-0.1, -0.05) is 184 Å². The molecule has 2 heteroatoms. The normalized spacial score (nSPS) is 15.0. The number of rotatable bonds is 8. The van der Waals surface area contributed by atoms with Crippen LogP contribution in [0.4, 0.5) is 17.1 Å². The van der Waals surface area contributed by atoms with Crippen LogP contribution in [0.2, 0.25) is 0 Å². The number of aromatic nitrogens is 1. The number of benzene rings is 9. The van der Waals surface area contributed by atoms with E-state index in [0.29, 0.717) is 5.92 Å². The van der Waals surface area contributed by atoms with Crippen LogP contribution in [-0.4, -0.2) is 4.57 Å². The van der Waals surface area contributed by atoms with Crippen LogP contribution in [0.5, 0.6) is 0 Å². The molecule has 0 amide bonds. The van der Waals surface area contributed by atoms with Gasteiger partial charge in [0.05, 0.1) is 11.0 Å². The molecule has 2 aliphatic carbocycles. The smallest absolute Gasteiger partial charge is 0.0541 e. The van der Waals surface area contributed by atoms with Gasteiger partial charge in [0.2, 0.25) is 0 Å². The molecule has 0 spiro atoms. The Kier molecular flexibility index (Phi) is 9.35. The topological polar surface area (TPSA) is 8.17 Å². The highest BCUT2D eigenvalue weighted by Gasteiger charge is 2.44. The fourth-order valence-corrected chi connectivity index (χ4v) is 10.7. The Balaban J connectivity index is 0.945. The van der Waals surface area contributed by atoms with E-state index in [1.54, 1.807) is 0 Å². The van der Waals surface area contributed by atoms with Crippen molar-refractivity contribution in [1.82, 2.24) is 4.57 Å². The molecule has 2 aliphatic rings. The molecule has 0 N–H and O–H groups in total. The van der Waals surface area contributed by atoms with Crippen molar-refractivity contribution in [2.24, 2.45) is 5.92 Å². The summed E-state index contributed by atoms with van der Waals surface area (Å²) in [6.45, 7) is 4.90. The maximum Gasteiger partial charge on any atom is 0.0541 e. The van der Waals surface area contributed by atoms with E-state index in [1.165, 1.54) is 88.7 Å². The molecular formula is C63H48N2. The van der Waals surface area contributed by atoms with Gasteiger partial charge in [-0.05, 0) is 146 Å². The largest absolute Gasteiger partial charge is 0.310 e. The average Bonchev–Trinajstić information content (AvgIpc) is 3.83. The van der Waals surface area contributed by atoms with Gasteiger partial charge in [0.25, 0.3) is 0 Å². The molecule has 0 aliphatic heterocycles. The number of para-hydroxylation sites is 2. The van der Waals surface area contributed by atoms with Crippen molar-refractivity contribution in [3.8, 4) is 39.1 Å². The van der Waals surface area contributed by atoms with Crippen LogP contribution in [0.15, 0.2) is 237 Å². The molecule has 0 fully saturated rings. The second kappa shape index (κ2) is 15.7. The van der Waals surface area contributed by atoms with E-state index in [0.717, 1.165) is 23.5 Å². The molecular weight excluding hydrogens is 785 g/mol. The van der Waals surface area contributed by atoms with Gasteiger partial charge in [0, 0.05) is 33.5 Å². The molecule has 310 valence electrons. The van der Waals surface area contributed by atoms with E-state index in [1.807, 2.05) is 0 Å². The summed E-state index contributed by atoms with van der Waals surface area (Å²) in [7, 11) is 0. The van der Waals surface area contributed by atoms with Gasteiger partial charge in [0.15, 0.2) is 0 Å². The minimum absolute atomic E-state index is 0.0599. The zero-order chi connectivity index (χ0) is 43.5. The zero-order valence-corrected chi connectivity index (χ0v) is 36.7. The molecule has 2 nitrogen and oxygen atoms in total. The van der Waals surface area contributed by atoms with E-state index >= 15 is 0 Å². The summed E-state index contributed by atoms with van der Waals surface area (Å²) in [6, 6.07) is 82.3. The molecule has 1 atom stereocenters. The summed E-state index contributed by atoms with van der Waals surface area (Å²) in [5, 5.41) is 2.51. The summed E-state index contributed by atoms with van der Waals surface area (Å²) < 4.78 is 2.38. The maximum absolute atomic E-state index is 2.48. The third-order valence-corrected chi connectivity index (χ3v) is 14.1. The quantitative estimate of drug-likeness (QED) is 0.148. The van der Waals surface area contributed by atoms with Gasteiger partial charge in [-0.3, -0.25) is 0 Å². The first kappa shape index (κ1) is 38.7. The number of allylic oxidation sites excluding steroid dienone is 4. The van der Waals surface area contributed by atoms with Crippen LogP contribution in [-0.2, 0) is 5.41 Å². The minimum Gasteiger partial charge on any atom is -0.310 e. The second-order valence-electron chi connectivity index (χ2n) is 18.1. The van der Waals surface area contributed by atoms with Crippen molar-refractivity contribution < 1.29 is 0 Å². The Morgan fingerprint density at radius 1 is 0.431 bits per heavy atom. The molecule has 10 aromatic rings. The molecule has 1 aromatic heterocycles. The lowest BCUT2D eigenvalue weighted by Crippen LogP contribution is -2.24. The Morgan fingerprint density at radius 2 is 0.923 bits per heavy atom. The molecule has 0 bridgehead atoms. The Labute approximate surface area is 381 Å². The molecule has 0 saturated heterocycles. The third-order valence-electron chi connectivity index (χ3n) is 14.1. The minimum atomic E-state index is -0.0599. The lowest BCUT2D eigenvalue weighted by Gasteiger charge is -2.31. The van der Waals surface area contributed by atoms with Crippen LogP contribution < -0.4 is 4.90 Å². The van der Waals surface area contributed by atoms with Gasteiger partial charge in [-0.25, -0.2) is 0 Å². The van der Waals surface area contributed by atoms with Gasteiger partial charge in [0.1, 0.15) is 0 Å². The van der Waals surface area contributed by atoms with Gasteiger partial charge in [-0.2, -0.15) is 0 Å². The molecule has 0 radical (unpaired) electrons. The first-order valence-electron chi connectivity index (χ1n) is 22.9. The van der Waals surface area contributed by atoms with E-state index in [2.05, 4.69) is 260 Å². The molecule has 65 heavy (non-hydrogen) atoms. The summed E-state index contributed by atoms with van der Waals surface area (Å²) >= 11 is 0. The number of fused-ring (bicyclic) bond motifs is 6. The highest BCUT2D eigenvalue weighted by molar-refractivity contribution is 6.10. The fraction of sp³-hybridized carbons (Fsp3) is 0.0794. The van der Waals surface area contributed by atoms with Crippen LogP contribution in [0.1, 0.15) is 37.0 Å². The fourth-order valence-electron chi connectivity index (χ4n) is 10.7. The maximum atomic E-state index is 2.48.